The van der Waals surface area contributed by atoms with Gasteiger partial charge in [0.15, 0.2) is 0 Å². The van der Waals surface area contributed by atoms with E-state index in [1.165, 1.54) is 12.8 Å². The molecule has 0 atom stereocenters. The lowest BCUT2D eigenvalue weighted by molar-refractivity contribution is 0.614. The Morgan fingerprint density at radius 3 is 2.48 bits per heavy atom. The monoisotopic (exact) mass is 276 g/mol. The molecule has 1 heterocycles. The second kappa shape index (κ2) is 4.85. The van der Waals surface area contributed by atoms with Gasteiger partial charge in [0, 0.05) is 17.5 Å². The van der Waals surface area contributed by atoms with Crippen LogP contribution in [0.3, 0.4) is 0 Å². The summed E-state index contributed by atoms with van der Waals surface area (Å²) >= 11 is 0. The highest BCUT2D eigenvalue weighted by molar-refractivity contribution is 5.92. The maximum atomic E-state index is 12.4. The standard InChI is InChI=1S/C18H16N2O/c21-18-19-17(14-6-2-1-3-7-14)15-8-4-5-9-16(15)20(18)12-13-10-11-13/h1-9,13H,10-12H2. The molecule has 2 aromatic carbocycles. The summed E-state index contributed by atoms with van der Waals surface area (Å²) in [5, 5.41) is 1.05. The molecule has 0 N–H and O–H groups in total. The highest BCUT2D eigenvalue weighted by Crippen LogP contribution is 2.32. The zero-order chi connectivity index (χ0) is 14.2. The summed E-state index contributed by atoms with van der Waals surface area (Å²) in [6, 6.07) is 18.0. The predicted octanol–water partition coefficient (Wildman–Crippen LogP) is 3.47. The van der Waals surface area contributed by atoms with Crippen LogP contribution in [0.2, 0.25) is 0 Å². The van der Waals surface area contributed by atoms with Crippen LogP contribution in [-0.4, -0.2) is 9.55 Å². The lowest BCUT2D eigenvalue weighted by Crippen LogP contribution is -2.24. The van der Waals surface area contributed by atoms with E-state index in [0.717, 1.165) is 28.7 Å². The normalized spacial score (nSPS) is 14.5. The summed E-state index contributed by atoms with van der Waals surface area (Å²) in [5.74, 6) is 0.649. The lowest BCUT2D eigenvalue weighted by atomic mass is 10.1. The van der Waals surface area contributed by atoms with Crippen LogP contribution in [0.25, 0.3) is 22.2 Å². The zero-order valence-corrected chi connectivity index (χ0v) is 11.7. The first-order chi connectivity index (χ1) is 10.3. The van der Waals surface area contributed by atoms with Crippen LogP contribution in [0.4, 0.5) is 0 Å². The largest absolute Gasteiger partial charge is 0.348 e. The van der Waals surface area contributed by atoms with Gasteiger partial charge in [-0.25, -0.2) is 4.79 Å². The Hall–Kier alpha value is -2.42. The van der Waals surface area contributed by atoms with Crippen molar-refractivity contribution >= 4 is 10.9 Å². The molecule has 1 aromatic heterocycles. The summed E-state index contributed by atoms with van der Waals surface area (Å²) in [5.41, 5.74) is 2.62. The fourth-order valence-corrected chi connectivity index (χ4v) is 2.78. The number of fused-ring (bicyclic) bond motifs is 1. The Kier molecular flexibility index (Phi) is 2.85. The van der Waals surface area contributed by atoms with Gasteiger partial charge in [0.05, 0.1) is 11.2 Å². The van der Waals surface area contributed by atoms with Gasteiger partial charge in [-0.3, -0.25) is 4.57 Å². The highest BCUT2D eigenvalue weighted by Gasteiger charge is 2.23. The topological polar surface area (TPSA) is 34.9 Å². The molecule has 0 aliphatic heterocycles. The molecule has 1 fully saturated rings. The van der Waals surface area contributed by atoms with Gasteiger partial charge in [0.25, 0.3) is 0 Å². The molecule has 104 valence electrons. The minimum Gasteiger partial charge on any atom is -0.292 e. The van der Waals surface area contributed by atoms with Gasteiger partial charge in [0.1, 0.15) is 0 Å². The molecule has 4 rings (SSSR count). The molecule has 0 radical (unpaired) electrons. The molecule has 21 heavy (non-hydrogen) atoms. The Morgan fingerprint density at radius 2 is 1.71 bits per heavy atom. The van der Waals surface area contributed by atoms with Crippen molar-refractivity contribution in [2.45, 2.75) is 19.4 Å². The van der Waals surface area contributed by atoms with Crippen LogP contribution < -0.4 is 5.69 Å². The molecule has 3 heteroatoms. The molecule has 1 aliphatic rings. The van der Waals surface area contributed by atoms with Crippen molar-refractivity contribution in [2.75, 3.05) is 0 Å². The van der Waals surface area contributed by atoms with Crippen molar-refractivity contribution in [1.82, 2.24) is 9.55 Å². The van der Waals surface area contributed by atoms with Gasteiger partial charge >= 0.3 is 5.69 Å². The van der Waals surface area contributed by atoms with E-state index < -0.39 is 0 Å². The first-order valence-corrected chi connectivity index (χ1v) is 7.38. The van der Waals surface area contributed by atoms with E-state index in [2.05, 4.69) is 4.98 Å². The van der Waals surface area contributed by atoms with E-state index in [1.807, 2.05) is 59.2 Å². The van der Waals surface area contributed by atoms with Gasteiger partial charge in [-0.05, 0) is 24.8 Å². The predicted molar refractivity (Wildman–Crippen MR) is 84.2 cm³/mol. The summed E-state index contributed by atoms with van der Waals surface area (Å²) in [6.07, 6.45) is 2.45. The van der Waals surface area contributed by atoms with Crippen molar-refractivity contribution in [1.29, 1.82) is 0 Å². The van der Waals surface area contributed by atoms with E-state index in [0.29, 0.717) is 5.92 Å². The molecule has 1 saturated carbocycles. The Labute approximate surface area is 122 Å². The van der Waals surface area contributed by atoms with E-state index in [-0.39, 0.29) is 5.69 Å². The van der Waals surface area contributed by atoms with Crippen LogP contribution in [0.15, 0.2) is 59.4 Å². The van der Waals surface area contributed by atoms with Gasteiger partial charge in [-0.1, -0.05) is 48.5 Å². The Balaban J connectivity index is 1.99. The zero-order valence-electron chi connectivity index (χ0n) is 11.7. The molecule has 1 aliphatic carbocycles. The van der Waals surface area contributed by atoms with E-state index in [4.69, 9.17) is 0 Å². The third kappa shape index (κ3) is 2.25. The molecule has 3 aromatic rings. The smallest absolute Gasteiger partial charge is 0.292 e. The van der Waals surface area contributed by atoms with Gasteiger partial charge < -0.3 is 0 Å². The van der Waals surface area contributed by atoms with Crippen molar-refractivity contribution in [3.05, 3.63) is 65.1 Å². The summed E-state index contributed by atoms with van der Waals surface area (Å²) in [7, 11) is 0. The Bertz CT molecular complexity index is 848. The second-order valence-electron chi connectivity index (χ2n) is 5.68. The molecule has 0 unspecified atom stereocenters. The van der Waals surface area contributed by atoms with Crippen molar-refractivity contribution in [3.63, 3.8) is 0 Å². The lowest BCUT2D eigenvalue weighted by Gasteiger charge is -2.12. The van der Waals surface area contributed by atoms with Gasteiger partial charge in [-0.2, -0.15) is 4.98 Å². The fraction of sp³-hybridized carbons (Fsp3) is 0.222. The van der Waals surface area contributed by atoms with E-state index in [9.17, 15) is 4.79 Å². The number of benzene rings is 2. The van der Waals surface area contributed by atoms with Crippen LogP contribution in [0, 0.1) is 5.92 Å². The average molecular weight is 276 g/mol. The third-order valence-corrected chi connectivity index (χ3v) is 4.07. The average Bonchev–Trinajstić information content (AvgIpc) is 3.35. The fourth-order valence-electron chi connectivity index (χ4n) is 2.78. The van der Waals surface area contributed by atoms with Gasteiger partial charge in [0.2, 0.25) is 0 Å². The van der Waals surface area contributed by atoms with E-state index in [1.54, 1.807) is 0 Å². The molecule has 0 bridgehead atoms. The van der Waals surface area contributed by atoms with Crippen molar-refractivity contribution < 1.29 is 0 Å². The van der Waals surface area contributed by atoms with Crippen molar-refractivity contribution in [2.24, 2.45) is 5.92 Å². The van der Waals surface area contributed by atoms with Gasteiger partial charge in [-0.15, -0.1) is 0 Å². The molecule has 0 spiro atoms. The third-order valence-electron chi connectivity index (χ3n) is 4.07. The number of hydrogen-bond donors (Lipinski definition) is 0. The number of hydrogen-bond acceptors (Lipinski definition) is 2. The molecule has 0 amide bonds. The minimum atomic E-state index is -0.139. The summed E-state index contributed by atoms with van der Waals surface area (Å²) in [6.45, 7) is 0.793. The number of rotatable bonds is 3. The number of para-hydroxylation sites is 1. The van der Waals surface area contributed by atoms with Crippen molar-refractivity contribution in [3.8, 4) is 11.3 Å². The van der Waals surface area contributed by atoms with Crippen LogP contribution in [0.5, 0.6) is 0 Å². The number of nitrogens with zero attached hydrogens (tertiary/aromatic N) is 2. The van der Waals surface area contributed by atoms with Crippen LogP contribution in [0.1, 0.15) is 12.8 Å². The molecule has 3 nitrogen and oxygen atoms in total. The Morgan fingerprint density at radius 1 is 1.00 bits per heavy atom. The van der Waals surface area contributed by atoms with Crippen LogP contribution >= 0.6 is 0 Å². The number of aromatic nitrogens is 2. The summed E-state index contributed by atoms with van der Waals surface area (Å²) < 4.78 is 1.83. The molecular formula is C18H16N2O. The highest BCUT2D eigenvalue weighted by atomic mass is 16.1. The summed E-state index contributed by atoms with van der Waals surface area (Å²) in [4.78, 5) is 16.8. The first kappa shape index (κ1) is 12.3. The maximum Gasteiger partial charge on any atom is 0.348 e. The maximum absolute atomic E-state index is 12.4. The first-order valence-electron chi connectivity index (χ1n) is 7.38. The van der Waals surface area contributed by atoms with E-state index >= 15 is 0 Å². The molecular weight excluding hydrogens is 260 g/mol. The quantitative estimate of drug-likeness (QED) is 0.734. The SMILES string of the molecule is O=c1nc(-c2ccccc2)c2ccccc2n1CC1CC1. The molecule has 0 saturated heterocycles. The van der Waals surface area contributed by atoms with Crippen LogP contribution in [-0.2, 0) is 6.54 Å². The second-order valence-corrected chi connectivity index (χ2v) is 5.68. The minimum absolute atomic E-state index is 0.139.